The molecule has 2 aromatic rings. The Morgan fingerprint density at radius 2 is 1.75 bits per heavy atom. The van der Waals surface area contributed by atoms with E-state index in [1.807, 2.05) is 12.1 Å². The van der Waals surface area contributed by atoms with Gasteiger partial charge in [-0.3, -0.25) is 4.79 Å². The Hall–Kier alpha value is -1.35. The maximum Gasteiger partial charge on any atom is 0.197 e. The fourth-order valence-corrected chi connectivity index (χ4v) is 3.37. The Kier molecular flexibility index (Phi) is 4.06. The van der Waals surface area contributed by atoms with Crippen molar-refractivity contribution in [3.63, 3.8) is 0 Å². The van der Waals surface area contributed by atoms with Gasteiger partial charge in [0.25, 0.3) is 0 Å². The second-order valence-electron chi connectivity index (χ2n) is 5.39. The molecule has 0 atom stereocenters. The molecule has 1 aromatic carbocycles. The van der Waals surface area contributed by atoms with Crippen molar-refractivity contribution in [3.05, 3.63) is 58.0 Å². The van der Waals surface area contributed by atoms with E-state index in [0.29, 0.717) is 21.7 Å². The van der Waals surface area contributed by atoms with Gasteiger partial charge in [0.15, 0.2) is 10.5 Å². The summed E-state index contributed by atoms with van der Waals surface area (Å²) < 4.78 is 5.62. The molecule has 0 saturated heterocycles. The third-order valence-electron chi connectivity index (χ3n) is 4.11. The van der Waals surface area contributed by atoms with Crippen molar-refractivity contribution >= 4 is 21.7 Å². The van der Waals surface area contributed by atoms with Crippen LogP contribution in [0.1, 0.15) is 59.5 Å². The molecule has 104 valence electrons. The van der Waals surface area contributed by atoms with Gasteiger partial charge in [-0.05, 0) is 46.3 Å². The lowest BCUT2D eigenvalue weighted by Gasteiger charge is -2.22. The summed E-state index contributed by atoms with van der Waals surface area (Å²) in [6.07, 6.45) is 8.09. The number of ketones is 1. The monoisotopic (exact) mass is 332 g/mol. The van der Waals surface area contributed by atoms with Gasteiger partial charge >= 0.3 is 0 Å². The SMILES string of the molecule is O=C(c1ccc(C2CCCCC2)cc1)c1ccoc1Br. The van der Waals surface area contributed by atoms with Crippen molar-refractivity contribution in [1.29, 1.82) is 0 Å². The van der Waals surface area contributed by atoms with E-state index in [2.05, 4.69) is 28.1 Å². The molecule has 0 aliphatic heterocycles. The average Bonchev–Trinajstić information content (AvgIpc) is 2.94. The predicted molar refractivity (Wildman–Crippen MR) is 82.1 cm³/mol. The van der Waals surface area contributed by atoms with Crippen molar-refractivity contribution in [2.45, 2.75) is 38.0 Å². The fraction of sp³-hybridized carbons (Fsp3) is 0.353. The molecule has 1 aliphatic rings. The van der Waals surface area contributed by atoms with Crippen molar-refractivity contribution in [3.8, 4) is 0 Å². The Bertz CT molecular complexity index is 592. The highest BCUT2D eigenvalue weighted by molar-refractivity contribution is 9.10. The van der Waals surface area contributed by atoms with Crippen LogP contribution in [0.5, 0.6) is 0 Å². The number of carbonyl (C=O) groups excluding carboxylic acids is 1. The lowest BCUT2D eigenvalue weighted by Crippen LogP contribution is -2.05. The maximum atomic E-state index is 12.3. The van der Waals surface area contributed by atoms with E-state index >= 15 is 0 Å². The number of benzene rings is 1. The Balaban J connectivity index is 1.79. The summed E-state index contributed by atoms with van der Waals surface area (Å²) in [6, 6.07) is 9.79. The summed E-state index contributed by atoms with van der Waals surface area (Å²) >= 11 is 3.25. The third kappa shape index (κ3) is 2.73. The molecule has 0 amide bonds. The smallest absolute Gasteiger partial charge is 0.197 e. The number of hydrogen-bond donors (Lipinski definition) is 0. The lowest BCUT2D eigenvalue weighted by atomic mass is 9.84. The molecule has 0 radical (unpaired) electrons. The fourth-order valence-electron chi connectivity index (χ4n) is 2.95. The van der Waals surface area contributed by atoms with Crippen LogP contribution in [0.4, 0.5) is 0 Å². The summed E-state index contributed by atoms with van der Waals surface area (Å²) in [7, 11) is 0. The first-order valence-electron chi connectivity index (χ1n) is 7.13. The van der Waals surface area contributed by atoms with Gasteiger partial charge in [-0.25, -0.2) is 0 Å². The minimum atomic E-state index is 0.000758. The highest BCUT2D eigenvalue weighted by Gasteiger charge is 2.18. The number of carbonyl (C=O) groups is 1. The lowest BCUT2D eigenvalue weighted by molar-refractivity contribution is 0.103. The zero-order valence-corrected chi connectivity index (χ0v) is 12.9. The summed E-state index contributed by atoms with van der Waals surface area (Å²) in [5.41, 5.74) is 2.66. The molecule has 1 aromatic heterocycles. The summed E-state index contributed by atoms with van der Waals surface area (Å²) in [5.74, 6) is 0.675. The molecule has 1 saturated carbocycles. The topological polar surface area (TPSA) is 30.2 Å². The van der Waals surface area contributed by atoms with Crippen LogP contribution in [0.2, 0.25) is 0 Å². The quantitative estimate of drug-likeness (QED) is 0.712. The number of furan rings is 1. The molecule has 20 heavy (non-hydrogen) atoms. The minimum absolute atomic E-state index is 0.000758. The van der Waals surface area contributed by atoms with Crippen molar-refractivity contribution in [2.24, 2.45) is 0 Å². The average molecular weight is 333 g/mol. The molecule has 0 unspecified atom stereocenters. The normalized spacial score (nSPS) is 16.2. The van der Waals surface area contributed by atoms with Gasteiger partial charge in [0, 0.05) is 5.56 Å². The van der Waals surface area contributed by atoms with Crippen LogP contribution in [-0.2, 0) is 0 Å². The van der Waals surface area contributed by atoms with Gasteiger partial charge in [-0.15, -0.1) is 0 Å². The van der Waals surface area contributed by atoms with Crippen LogP contribution >= 0.6 is 15.9 Å². The van der Waals surface area contributed by atoms with E-state index in [4.69, 9.17) is 4.42 Å². The number of halogens is 1. The largest absolute Gasteiger partial charge is 0.457 e. The van der Waals surface area contributed by atoms with Crippen LogP contribution in [0, 0.1) is 0 Å². The van der Waals surface area contributed by atoms with Crippen LogP contribution in [0.3, 0.4) is 0 Å². The van der Waals surface area contributed by atoms with E-state index in [1.165, 1.54) is 43.9 Å². The highest BCUT2D eigenvalue weighted by atomic mass is 79.9. The third-order valence-corrected chi connectivity index (χ3v) is 4.73. The van der Waals surface area contributed by atoms with Crippen LogP contribution in [0.15, 0.2) is 45.7 Å². The van der Waals surface area contributed by atoms with E-state index in [0.717, 1.165) is 0 Å². The van der Waals surface area contributed by atoms with Crippen molar-refractivity contribution in [1.82, 2.24) is 0 Å². The zero-order chi connectivity index (χ0) is 13.9. The van der Waals surface area contributed by atoms with E-state index < -0.39 is 0 Å². The molecule has 0 spiro atoms. The van der Waals surface area contributed by atoms with Crippen molar-refractivity contribution in [2.75, 3.05) is 0 Å². The molecular formula is C17H17BrO2. The first kappa shape index (κ1) is 13.6. The van der Waals surface area contributed by atoms with Gasteiger partial charge in [-0.2, -0.15) is 0 Å². The first-order chi connectivity index (χ1) is 9.75. The Morgan fingerprint density at radius 1 is 1.05 bits per heavy atom. The molecule has 3 rings (SSSR count). The highest BCUT2D eigenvalue weighted by Crippen LogP contribution is 2.32. The molecule has 3 heteroatoms. The van der Waals surface area contributed by atoms with Gasteiger partial charge in [0.05, 0.1) is 11.8 Å². The van der Waals surface area contributed by atoms with Crippen LogP contribution < -0.4 is 0 Å². The Labute approximate surface area is 127 Å². The summed E-state index contributed by atoms with van der Waals surface area (Å²) in [6.45, 7) is 0. The van der Waals surface area contributed by atoms with E-state index in [1.54, 1.807) is 6.07 Å². The predicted octanol–water partition coefficient (Wildman–Crippen LogP) is 5.32. The summed E-state index contributed by atoms with van der Waals surface area (Å²) in [4.78, 5) is 12.3. The van der Waals surface area contributed by atoms with Gasteiger partial charge in [0.1, 0.15) is 0 Å². The molecule has 1 heterocycles. The Morgan fingerprint density at radius 3 is 2.35 bits per heavy atom. The standard InChI is InChI=1S/C17H17BrO2/c18-17-15(10-11-20-17)16(19)14-8-6-13(7-9-14)12-4-2-1-3-5-12/h6-12H,1-5H2. The second-order valence-corrected chi connectivity index (χ2v) is 6.11. The van der Waals surface area contributed by atoms with Crippen LogP contribution in [-0.4, -0.2) is 5.78 Å². The zero-order valence-electron chi connectivity index (χ0n) is 11.3. The van der Waals surface area contributed by atoms with E-state index in [-0.39, 0.29) is 5.78 Å². The molecule has 1 fully saturated rings. The molecule has 0 bridgehead atoms. The second kappa shape index (κ2) is 5.96. The first-order valence-corrected chi connectivity index (χ1v) is 7.92. The maximum absolute atomic E-state index is 12.3. The molecule has 0 N–H and O–H groups in total. The van der Waals surface area contributed by atoms with Crippen LogP contribution in [0.25, 0.3) is 0 Å². The number of hydrogen-bond acceptors (Lipinski definition) is 2. The van der Waals surface area contributed by atoms with Gasteiger partial charge < -0.3 is 4.42 Å². The molecule has 2 nitrogen and oxygen atoms in total. The molecular weight excluding hydrogens is 316 g/mol. The van der Waals surface area contributed by atoms with Gasteiger partial charge in [-0.1, -0.05) is 43.5 Å². The minimum Gasteiger partial charge on any atom is -0.457 e. The molecule has 1 aliphatic carbocycles. The number of rotatable bonds is 3. The van der Waals surface area contributed by atoms with E-state index in [9.17, 15) is 4.79 Å². The van der Waals surface area contributed by atoms with Gasteiger partial charge in [0.2, 0.25) is 0 Å². The van der Waals surface area contributed by atoms with Crippen molar-refractivity contribution < 1.29 is 9.21 Å². The summed E-state index contributed by atoms with van der Waals surface area (Å²) in [5, 5.41) is 0.